The van der Waals surface area contributed by atoms with Gasteiger partial charge in [0.05, 0.1) is 18.0 Å². The van der Waals surface area contributed by atoms with E-state index in [1.807, 2.05) is 19.9 Å². The van der Waals surface area contributed by atoms with Crippen LogP contribution in [-0.2, 0) is 11.3 Å². The molecular formula is C20H32N6O3. The quantitative estimate of drug-likeness (QED) is 0.250. The number of nitrogens with one attached hydrogen (secondary N) is 3. The first-order valence-corrected chi connectivity index (χ1v) is 10.3. The number of likely N-dealkylation sites (tertiary alicyclic amines) is 1. The highest BCUT2D eigenvalue weighted by molar-refractivity contribution is 5.80. The van der Waals surface area contributed by atoms with Gasteiger partial charge >= 0.3 is 0 Å². The van der Waals surface area contributed by atoms with E-state index in [2.05, 4.69) is 25.8 Å². The normalized spacial score (nSPS) is 15.7. The first-order valence-electron chi connectivity index (χ1n) is 10.3. The molecule has 1 aliphatic heterocycles. The number of amides is 1. The molecule has 1 saturated heterocycles. The molecule has 0 aliphatic carbocycles. The van der Waals surface area contributed by atoms with E-state index in [1.54, 1.807) is 12.1 Å². The van der Waals surface area contributed by atoms with E-state index < -0.39 is 4.92 Å². The van der Waals surface area contributed by atoms with Crippen LogP contribution in [0.25, 0.3) is 0 Å². The van der Waals surface area contributed by atoms with Crippen LogP contribution in [0.2, 0.25) is 0 Å². The van der Waals surface area contributed by atoms with Crippen molar-refractivity contribution in [3.63, 3.8) is 0 Å². The maximum Gasteiger partial charge on any atom is 0.269 e. The van der Waals surface area contributed by atoms with Crippen LogP contribution in [0.1, 0.15) is 38.7 Å². The van der Waals surface area contributed by atoms with Gasteiger partial charge in [0.25, 0.3) is 5.69 Å². The van der Waals surface area contributed by atoms with E-state index in [4.69, 9.17) is 0 Å². The van der Waals surface area contributed by atoms with Gasteiger partial charge in [0, 0.05) is 44.4 Å². The van der Waals surface area contributed by atoms with Crippen LogP contribution >= 0.6 is 0 Å². The number of nitro benzene ring substituents is 1. The number of non-ortho nitro benzene ring substituents is 1. The Kier molecular flexibility index (Phi) is 9.36. The Hall–Kier alpha value is -2.68. The molecule has 1 amide bonds. The van der Waals surface area contributed by atoms with Crippen molar-refractivity contribution in [2.24, 2.45) is 4.99 Å². The second kappa shape index (κ2) is 12.0. The summed E-state index contributed by atoms with van der Waals surface area (Å²) < 4.78 is 0. The lowest BCUT2D eigenvalue weighted by Gasteiger charge is -2.32. The second-order valence-electron chi connectivity index (χ2n) is 7.17. The Bertz CT molecular complexity index is 701. The molecule has 9 heteroatoms. The standard InChI is InChI=1S/C20H32N6O3/c1-3-10-22-19(27)15-25-11-8-17(9-12-25)24-20(21-4-2)23-14-16-6-5-7-18(13-16)26(28)29/h5-7,13,17H,3-4,8-12,14-15H2,1-2H3,(H,22,27)(H2,21,23,24). The van der Waals surface area contributed by atoms with Crippen LogP contribution in [0.5, 0.6) is 0 Å². The van der Waals surface area contributed by atoms with Gasteiger partial charge in [0.1, 0.15) is 0 Å². The molecule has 1 aromatic carbocycles. The van der Waals surface area contributed by atoms with Crippen molar-refractivity contribution >= 4 is 17.6 Å². The Morgan fingerprint density at radius 3 is 2.69 bits per heavy atom. The number of nitro groups is 1. The molecule has 0 spiro atoms. The van der Waals surface area contributed by atoms with Crippen molar-refractivity contribution < 1.29 is 9.72 Å². The summed E-state index contributed by atoms with van der Waals surface area (Å²) in [5.41, 5.74) is 0.871. The fourth-order valence-electron chi connectivity index (χ4n) is 3.21. The highest BCUT2D eigenvalue weighted by Gasteiger charge is 2.21. The van der Waals surface area contributed by atoms with Crippen LogP contribution in [0, 0.1) is 10.1 Å². The van der Waals surface area contributed by atoms with Gasteiger partial charge in [-0.2, -0.15) is 0 Å². The third kappa shape index (κ3) is 8.06. The molecule has 0 bridgehead atoms. The fraction of sp³-hybridized carbons (Fsp3) is 0.600. The minimum atomic E-state index is -0.396. The van der Waals surface area contributed by atoms with Crippen LogP contribution in [0.3, 0.4) is 0 Å². The van der Waals surface area contributed by atoms with Crippen molar-refractivity contribution in [1.29, 1.82) is 0 Å². The molecule has 0 unspecified atom stereocenters. The van der Waals surface area contributed by atoms with E-state index in [0.717, 1.165) is 51.0 Å². The zero-order valence-electron chi connectivity index (χ0n) is 17.3. The van der Waals surface area contributed by atoms with Crippen molar-refractivity contribution in [2.45, 2.75) is 45.7 Å². The minimum absolute atomic E-state index is 0.0750. The van der Waals surface area contributed by atoms with Gasteiger partial charge < -0.3 is 16.0 Å². The summed E-state index contributed by atoms with van der Waals surface area (Å²) >= 11 is 0. The van der Waals surface area contributed by atoms with E-state index >= 15 is 0 Å². The zero-order valence-corrected chi connectivity index (χ0v) is 17.3. The predicted octanol–water partition coefficient (Wildman–Crippen LogP) is 1.64. The molecule has 3 N–H and O–H groups in total. The van der Waals surface area contributed by atoms with Gasteiger partial charge in [0.2, 0.25) is 5.91 Å². The summed E-state index contributed by atoms with van der Waals surface area (Å²) in [7, 11) is 0. The molecule has 2 rings (SSSR count). The third-order valence-electron chi connectivity index (χ3n) is 4.75. The molecule has 1 aliphatic rings. The molecule has 160 valence electrons. The number of hydrogen-bond donors (Lipinski definition) is 3. The summed E-state index contributed by atoms with van der Waals surface area (Å²) in [4.78, 5) is 29.1. The molecule has 1 heterocycles. The monoisotopic (exact) mass is 404 g/mol. The number of carbonyl (C=O) groups is 1. The predicted molar refractivity (Wildman–Crippen MR) is 114 cm³/mol. The minimum Gasteiger partial charge on any atom is -0.357 e. The molecule has 0 atom stereocenters. The average molecular weight is 405 g/mol. The SMILES string of the molecule is CCCNC(=O)CN1CCC(NC(=NCc2cccc([N+](=O)[O-])c2)NCC)CC1. The largest absolute Gasteiger partial charge is 0.357 e. The Balaban J connectivity index is 1.84. The molecule has 0 radical (unpaired) electrons. The number of benzene rings is 1. The Morgan fingerprint density at radius 2 is 2.03 bits per heavy atom. The van der Waals surface area contributed by atoms with Gasteiger partial charge in [-0.15, -0.1) is 0 Å². The molecule has 0 saturated carbocycles. The zero-order chi connectivity index (χ0) is 21.1. The maximum atomic E-state index is 11.9. The Morgan fingerprint density at radius 1 is 1.28 bits per heavy atom. The maximum absolute atomic E-state index is 11.9. The lowest BCUT2D eigenvalue weighted by molar-refractivity contribution is -0.384. The van der Waals surface area contributed by atoms with Crippen molar-refractivity contribution in [3.05, 3.63) is 39.9 Å². The lowest BCUT2D eigenvalue weighted by atomic mass is 10.1. The molecule has 1 aromatic rings. The number of carbonyl (C=O) groups excluding carboxylic acids is 1. The summed E-state index contributed by atoms with van der Waals surface area (Å²) in [5, 5.41) is 20.5. The summed E-state index contributed by atoms with van der Waals surface area (Å²) in [6, 6.07) is 6.83. The van der Waals surface area contributed by atoms with E-state index in [1.165, 1.54) is 6.07 Å². The topological polar surface area (TPSA) is 112 Å². The van der Waals surface area contributed by atoms with Crippen LogP contribution < -0.4 is 16.0 Å². The number of aliphatic imine (C=N–C) groups is 1. The Labute approximate surface area is 172 Å². The number of rotatable bonds is 9. The van der Waals surface area contributed by atoms with Crippen molar-refractivity contribution in [2.75, 3.05) is 32.7 Å². The first-order chi connectivity index (χ1) is 14.0. The number of guanidine groups is 1. The highest BCUT2D eigenvalue weighted by Crippen LogP contribution is 2.14. The van der Waals surface area contributed by atoms with Gasteiger partial charge in [-0.1, -0.05) is 19.1 Å². The van der Waals surface area contributed by atoms with E-state index in [9.17, 15) is 14.9 Å². The summed E-state index contributed by atoms with van der Waals surface area (Å²) in [6.07, 6.45) is 2.81. The van der Waals surface area contributed by atoms with E-state index in [-0.39, 0.29) is 17.6 Å². The lowest BCUT2D eigenvalue weighted by Crippen LogP contribution is -2.50. The van der Waals surface area contributed by atoms with Gasteiger partial charge in [-0.05, 0) is 31.7 Å². The number of hydrogen-bond acceptors (Lipinski definition) is 5. The fourth-order valence-corrected chi connectivity index (χ4v) is 3.21. The third-order valence-corrected chi connectivity index (χ3v) is 4.75. The molecular weight excluding hydrogens is 372 g/mol. The van der Waals surface area contributed by atoms with Crippen LogP contribution in [0.4, 0.5) is 5.69 Å². The highest BCUT2D eigenvalue weighted by atomic mass is 16.6. The van der Waals surface area contributed by atoms with Gasteiger partial charge in [-0.25, -0.2) is 4.99 Å². The van der Waals surface area contributed by atoms with Gasteiger partial charge in [0.15, 0.2) is 5.96 Å². The van der Waals surface area contributed by atoms with Crippen LogP contribution in [0.15, 0.2) is 29.3 Å². The van der Waals surface area contributed by atoms with Gasteiger partial charge in [-0.3, -0.25) is 19.8 Å². The van der Waals surface area contributed by atoms with E-state index in [0.29, 0.717) is 19.0 Å². The first kappa shape index (κ1) is 22.6. The average Bonchev–Trinajstić information content (AvgIpc) is 2.72. The number of nitrogens with zero attached hydrogens (tertiary/aromatic N) is 3. The van der Waals surface area contributed by atoms with Crippen molar-refractivity contribution in [1.82, 2.24) is 20.9 Å². The van der Waals surface area contributed by atoms with Crippen molar-refractivity contribution in [3.8, 4) is 0 Å². The second-order valence-corrected chi connectivity index (χ2v) is 7.17. The van der Waals surface area contributed by atoms with Crippen LogP contribution in [-0.4, -0.2) is 60.5 Å². The molecule has 1 fully saturated rings. The molecule has 0 aromatic heterocycles. The molecule has 29 heavy (non-hydrogen) atoms. The summed E-state index contributed by atoms with van der Waals surface area (Å²) in [5.74, 6) is 0.795. The summed E-state index contributed by atoms with van der Waals surface area (Å²) in [6.45, 7) is 8.05. The number of piperidine rings is 1. The molecule has 9 nitrogen and oxygen atoms in total. The smallest absolute Gasteiger partial charge is 0.269 e.